The molecule has 0 bridgehead atoms. The molecule has 2 unspecified atom stereocenters. The molecule has 3 heterocycles. The quantitative estimate of drug-likeness (QED) is 0.446. The molecule has 8 heteroatoms. The first-order chi connectivity index (χ1) is 11.7. The molecule has 0 saturated carbocycles. The van der Waals surface area contributed by atoms with Crippen LogP contribution in [-0.2, 0) is 15.1 Å². The SMILES string of the molecule is CC1OB(c2ccc(CSc3ncnc4[nH]cnc34)cc2)OC1C. The van der Waals surface area contributed by atoms with Crippen LogP contribution in [0.3, 0.4) is 0 Å². The molecule has 0 amide bonds. The Morgan fingerprint density at radius 1 is 1.08 bits per heavy atom. The zero-order valence-electron chi connectivity index (χ0n) is 13.5. The number of rotatable bonds is 4. The smallest absolute Gasteiger partial charge is 0.402 e. The number of nitrogens with zero attached hydrogens (tertiary/aromatic N) is 3. The average Bonchev–Trinajstić information content (AvgIpc) is 3.21. The zero-order valence-corrected chi connectivity index (χ0v) is 14.3. The van der Waals surface area contributed by atoms with E-state index in [0.29, 0.717) is 0 Å². The molecule has 1 N–H and O–H groups in total. The van der Waals surface area contributed by atoms with E-state index in [1.807, 2.05) is 13.8 Å². The summed E-state index contributed by atoms with van der Waals surface area (Å²) in [5.74, 6) is 0.818. The predicted octanol–water partition coefficient (Wildman–Crippen LogP) is 2.16. The highest BCUT2D eigenvalue weighted by atomic mass is 32.2. The van der Waals surface area contributed by atoms with Gasteiger partial charge in [0.1, 0.15) is 16.9 Å². The fraction of sp³-hybridized carbons (Fsp3) is 0.312. The van der Waals surface area contributed by atoms with Crippen molar-refractivity contribution in [3.05, 3.63) is 42.5 Å². The summed E-state index contributed by atoms with van der Waals surface area (Å²) in [6.07, 6.45) is 3.45. The molecule has 3 aromatic rings. The van der Waals surface area contributed by atoms with E-state index in [1.165, 1.54) is 5.56 Å². The van der Waals surface area contributed by atoms with E-state index in [9.17, 15) is 0 Å². The average molecular weight is 340 g/mol. The van der Waals surface area contributed by atoms with Crippen LogP contribution in [0, 0.1) is 0 Å². The number of nitrogens with one attached hydrogen (secondary N) is 1. The molecule has 1 aromatic carbocycles. The van der Waals surface area contributed by atoms with Crippen molar-refractivity contribution in [1.82, 2.24) is 19.9 Å². The van der Waals surface area contributed by atoms with Gasteiger partial charge >= 0.3 is 7.12 Å². The van der Waals surface area contributed by atoms with E-state index in [2.05, 4.69) is 44.2 Å². The minimum Gasteiger partial charge on any atom is -0.402 e. The van der Waals surface area contributed by atoms with Crippen LogP contribution in [-0.4, -0.2) is 39.3 Å². The van der Waals surface area contributed by atoms with Crippen molar-refractivity contribution in [3.63, 3.8) is 0 Å². The number of H-pyrrole nitrogens is 1. The molecule has 1 aliphatic heterocycles. The standard InChI is InChI=1S/C16H17BN4O2S/c1-10-11(2)23-17(22-10)13-5-3-12(4-6-13)7-24-16-14-15(19-8-18-14)20-9-21-16/h3-6,8-11H,7H2,1-2H3,(H,18,19,20,21). The summed E-state index contributed by atoms with van der Waals surface area (Å²) in [5, 5.41) is 0.885. The van der Waals surface area contributed by atoms with Gasteiger partial charge in [-0.2, -0.15) is 0 Å². The Bertz CT molecular complexity index is 831. The molecule has 2 aromatic heterocycles. The lowest BCUT2D eigenvalue weighted by atomic mass is 9.79. The highest BCUT2D eigenvalue weighted by Gasteiger charge is 2.35. The fourth-order valence-corrected chi connectivity index (χ4v) is 3.47. The molecule has 2 atom stereocenters. The summed E-state index contributed by atoms with van der Waals surface area (Å²) >= 11 is 1.65. The van der Waals surface area contributed by atoms with E-state index in [0.717, 1.165) is 27.4 Å². The first kappa shape index (κ1) is 15.6. The number of aromatic nitrogens is 4. The van der Waals surface area contributed by atoms with Crippen molar-refractivity contribution in [1.29, 1.82) is 0 Å². The summed E-state index contributed by atoms with van der Waals surface area (Å²) < 4.78 is 11.6. The van der Waals surface area contributed by atoms with E-state index in [-0.39, 0.29) is 19.3 Å². The number of imidazole rings is 1. The number of fused-ring (bicyclic) bond motifs is 1. The molecule has 1 aliphatic rings. The molecule has 6 nitrogen and oxygen atoms in total. The number of hydrogen-bond donors (Lipinski definition) is 1. The van der Waals surface area contributed by atoms with Crippen molar-refractivity contribution in [3.8, 4) is 0 Å². The van der Waals surface area contributed by atoms with Gasteiger partial charge < -0.3 is 14.3 Å². The summed E-state index contributed by atoms with van der Waals surface area (Å²) in [7, 11) is -0.262. The molecule has 122 valence electrons. The molecule has 24 heavy (non-hydrogen) atoms. The third kappa shape index (κ3) is 3.04. The van der Waals surface area contributed by atoms with Crippen LogP contribution in [0.15, 0.2) is 41.9 Å². The van der Waals surface area contributed by atoms with Crippen LogP contribution in [0.2, 0.25) is 0 Å². The van der Waals surface area contributed by atoms with Gasteiger partial charge in [0.15, 0.2) is 5.65 Å². The maximum Gasteiger partial charge on any atom is 0.494 e. The number of benzene rings is 1. The molecule has 1 saturated heterocycles. The first-order valence-corrected chi connectivity index (χ1v) is 8.86. The fourth-order valence-electron chi connectivity index (χ4n) is 2.57. The van der Waals surface area contributed by atoms with Crippen LogP contribution in [0.4, 0.5) is 0 Å². The van der Waals surface area contributed by atoms with Crippen LogP contribution in [0.1, 0.15) is 19.4 Å². The molecule has 0 spiro atoms. The third-order valence-electron chi connectivity index (χ3n) is 4.15. The monoisotopic (exact) mass is 340 g/mol. The largest absolute Gasteiger partial charge is 0.494 e. The molecule has 0 aliphatic carbocycles. The maximum atomic E-state index is 5.81. The Morgan fingerprint density at radius 3 is 2.58 bits per heavy atom. The Hall–Kier alpha value is -1.90. The third-order valence-corrected chi connectivity index (χ3v) is 5.20. The Morgan fingerprint density at radius 2 is 1.83 bits per heavy atom. The maximum absolute atomic E-state index is 5.81. The van der Waals surface area contributed by atoms with Crippen LogP contribution < -0.4 is 5.46 Å². The second-order valence-electron chi connectivity index (χ2n) is 5.82. The van der Waals surface area contributed by atoms with E-state index < -0.39 is 0 Å². The Balaban J connectivity index is 1.43. The van der Waals surface area contributed by atoms with Crippen LogP contribution >= 0.6 is 11.8 Å². The van der Waals surface area contributed by atoms with Crippen molar-refractivity contribution in [2.24, 2.45) is 0 Å². The van der Waals surface area contributed by atoms with Gasteiger partial charge in [0, 0.05) is 5.75 Å². The van der Waals surface area contributed by atoms with Gasteiger partial charge in [0.2, 0.25) is 0 Å². The Labute approximate surface area is 144 Å². The van der Waals surface area contributed by atoms with Gasteiger partial charge in [-0.25, -0.2) is 15.0 Å². The summed E-state index contributed by atoms with van der Waals surface area (Å²) in [6.45, 7) is 4.07. The van der Waals surface area contributed by atoms with Crippen LogP contribution in [0.25, 0.3) is 11.2 Å². The lowest BCUT2D eigenvalue weighted by molar-refractivity contribution is 0.187. The Kier molecular flexibility index (Phi) is 4.26. The molecular formula is C16H17BN4O2S. The molecule has 4 rings (SSSR count). The lowest BCUT2D eigenvalue weighted by Gasteiger charge is -2.07. The molecule has 0 radical (unpaired) electrons. The molecular weight excluding hydrogens is 323 g/mol. The van der Waals surface area contributed by atoms with Gasteiger partial charge in [-0.3, -0.25) is 0 Å². The second kappa shape index (κ2) is 6.54. The van der Waals surface area contributed by atoms with Gasteiger partial charge in [-0.15, -0.1) is 0 Å². The summed E-state index contributed by atoms with van der Waals surface area (Å²) in [5.41, 5.74) is 3.85. The lowest BCUT2D eigenvalue weighted by Crippen LogP contribution is -2.32. The zero-order chi connectivity index (χ0) is 16.5. The number of aromatic amines is 1. The van der Waals surface area contributed by atoms with E-state index in [1.54, 1.807) is 24.4 Å². The van der Waals surface area contributed by atoms with E-state index >= 15 is 0 Å². The summed E-state index contributed by atoms with van der Waals surface area (Å²) in [4.78, 5) is 15.8. The van der Waals surface area contributed by atoms with E-state index in [4.69, 9.17) is 9.31 Å². The summed E-state index contributed by atoms with van der Waals surface area (Å²) in [6, 6.07) is 8.34. The second-order valence-corrected chi connectivity index (χ2v) is 6.79. The predicted molar refractivity (Wildman–Crippen MR) is 94.2 cm³/mol. The van der Waals surface area contributed by atoms with Crippen molar-refractivity contribution < 1.29 is 9.31 Å². The van der Waals surface area contributed by atoms with Gasteiger partial charge in [-0.05, 0) is 24.9 Å². The van der Waals surface area contributed by atoms with Gasteiger partial charge in [0.25, 0.3) is 0 Å². The minimum absolute atomic E-state index is 0.124. The normalized spacial score (nSPS) is 20.8. The van der Waals surface area contributed by atoms with Crippen LogP contribution in [0.5, 0.6) is 0 Å². The topological polar surface area (TPSA) is 72.9 Å². The highest BCUT2D eigenvalue weighted by Crippen LogP contribution is 2.25. The first-order valence-electron chi connectivity index (χ1n) is 7.87. The van der Waals surface area contributed by atoms with Crippen molar-refractivity contribution >= 4 is 35.5 Å². The van der Waals surface area contributed by atoms with Gasteiger partial charge in [0.05, 0.1) is 18.5 Å². The number of thioether (sulfide) groups is 1. The molecule has 1 fully saturated rings. The van der Waals surface area contributed by atoms with Crippen molar-refractivity contribution in [2.75, 3.05) is 0 Å². The van der Waals surface area contributed by atoms with Crippen molar-refractivity contribution in [2.45, 2.75) is 36.8 Å². The number of hydrogen-bond acceptors (Lipinski definition) is 6. The highest BCUT2D eigenvalue weighted by molar-refractivity contribution is 7.98. The minimum atomic E-state index is -0.262. The van der Waals surface area contributed by atoms with Gasteiger partial charge in [-0.1, -0.05) is 36.0 Å².